The van der Waals surface area contributed by atoms with Gasteiger partial charge in [0.25, 0.3) is 0 Å². The topological polar surface area (TPSA) is 83.1 Å². The smallest absolute Gasteiger partial charge is 0.0701 e. The number of hydrogen-bond acceptors (Lipinski definition) is 9. The second kappa shape index (κ2) is 36.9. The van der Waals surface area contributed by atoms with Gasteiger partial charge in [0.05, 0.1) is 112 Å². The Bertz CT molecular complexity index is 373. The lowest BCUT2D eigenvalue weighted by Gasteiger charge is -2.09. The van der Waals surface area contributed by atoms with Crippen LogP contribution in [0, 0.1) is 0 Å². The summed E-state index contributed by atoms with van der Waals surface area (Å²) in [5, 5.41) is 0. The Balaban J connectivity index is 3.01. The van der Waals surface area contributed by atoms with Gasteiger partial charge in [0.2, 0.25) is 0 Å². The van der Waals surface area contributed by atoms with Gasteiger partial charge in [-0.05, 0) is 6.42 Å². The fraction of sp³-hybridized carbons (Fsp3) is 1.00. The highest BCUT2D eigenvalue weighted by atomic mass is 35.5. The van der Waals surface area contributed by atoms with Gasteiger partial charge in [0.15, 0.2) is 0 Å². The summed E-state index contributed by atoms with van der Waals surface area (Å²) < 4.78 is 49.0. The summed E-state index contributed by atoms with van der Waals surface area (Å²) in [5.74, 6) is 0.505. The third-order valence-corrected chi connectivity index (χ3v) is 5.49. The summed E-state index contributed by atoms with van der Waals surface area (Å²) in [6.07, 6.45) is 10.6. The van der Waals surface area contributed by atoms with Crippen LogP contribution in [-0.2, 0) is 42.6 Å². The Morgan fingerprint density at radius 1 is 0.289 bits per heavy atom. The Labute approximate surface area is 237 Å². The van der Waals surface area contributed by atoms with Crippen LogP contribution in [0.15, 0.2) is 0 Å². The molecule has 38 heavy (non-hydrogen) atoms. The highest BCUT2D eigenvalue weighted by Gasteiger charge is 1.96. The summed E-state index contributed by atoms with van der Waals surface area (Å²) >= 11 is 5.51. The molecule has 0 aliphatic carbocycles. The zero-order valence-electron chi connectivity index (χ0n) is 24.1. The average molecular weight is 573 g/mol. The van der Waals surface area contributed by atoms with Crippen molar-refractivity contribution in [2.24, 2.45) is 0 Å². The Morgan fingerprint density at radius 3 is 0.816 bits per heavy atom. The molecule has 10 heteroatoms. The van der Waals surface area contributed by atoms with Gasteiger partial charge in [-0.3, -0.25) is 0 Å². The van der Waals surface area contributed by atoms with Crippen molar-refractivity contribution in [1.82, 2.24) is 0 Å². The van der Waals surface area contributed by atoms with E-state index in [-0.39, 0.29) is 0 Å². The van der Waals surface area contributed by atoms with Crippen molar-refractivity contribution in [3.05, 3.63) is 0 Å². The van der Waals surface area contributed by atoms with Crippen LogP contribution < -0.4 is 0 Å². The molecule has 0 aromatic rings. The molecule has 9 nitrogen and oxygen atoms in total. The lowest BCUT2D eigenvalue weighted by Crippen LogP contribution is -2.15. The number of ether oxygens (including phenoxy) is 9. The molecule has 0 N–H and O–H groups in total. The predicted molar refractivity (Wildman–Crippen MR) is 151 cm³/mol. The number of rotatable bonds is 35. The van der Waals surface area contributed by atoms with E-state index in [0.717, 1.165) is 13.0 Å². The van der Waals surface area contributed by atoms with Crippen molar-refractivity contribution in [2.75, 3.05) is 125 Å². The molecule has 0 radical (unpaired) electrons. The first-order valence-corrected chi connectivity index (χ1v) is 15.2. The molecule has 0 heterocycles. The number of hydrogen-bond donors (Lipinski definition) is 0. The van der Waals surface area contributed by atoms with E-state index in [0.29, 0.717) is 118 Å². The molecule has 0 rings (SSSR count). The molecule has 0 saturated heterocycles. The van der Waals surface area contributed by atoms with Gasteiger partial charge in [-0.1, -0.05) is 51.9 Å². The molecule has 230 valence electrons. The van der Waals surface area contributed by atoms with Crippen LogP contribution in [0.1, 0.15) is 58.3 Å². The normalized spacial score (nSPS) is 11.5. The monoisotopic (exact) mass is 572 g/mol. The van der Waals surface area contributed by atoms with Crippen molar-refractivity contribution in [3.63, 3.8) is 0 Å². The van der Waals surface area contributed by atoms with Crippen molar-refractivity contribution >= 4 is 11.6 Å². The van der Waals surface area contributed by atoms with Crippen LogP contribution in [0.2, 0.25) is 0 Å². The van der Waals surface area contributed by atoms with E-state index in [2.05, 4.69) is 6.92 Å². The van der Waals surface area contributed by atoms with Gasteiger partial charge in [-0.15, -0.1) is 11.6 Å². The summed E-state index contributed by atoms with van der Waals surface area (Å²) in [5.41, 5.74) is 0. The molecule has 0 saturated carbocycles. The van der Waals surface area contributed by atoms with Crippen LogP contribution in [0.3, 0.4) is 0 Å². The van der Waals surface area contributed by atoms with Crippen LogP contribution in [-0.4, -0.2) is 125 Å². The number of alkyl halides is 1. The minimum atomic E-state index is 0.505. The van der Waals surface area contributed by atoms with Crippen molar-refractivity contribution < 1.29 is 42.6 Å². The second-order valence-corrected chi connectivity index (χ2v) is 9.05. The van der Waals surface area contributed by atoms with Gasteiger partial charge in [-0.25, -0.2) is 0 Å². The first kappa shape index (κ1) is 37.9. The van der Waals surface area contributed by atoms with Crippen LogP contribution in [0.5, 0.6) is 0 Å². The fourth-order valence-corrected chi connectivity index (χ4v) is 3.36. The van der Waals surface area contributed by atoms with Crippen molar-refractivity contribution in [1.29, 1.82) is 0 Å². The van der Waals surface area contributed by atoms with Gasteiger partial charge < -0.3 is 42.6 Å². The highest BCUT2D eigenvalue weighted by molar-refractivity contribution is 6.17. The zero-order valence-corrected chi connectivity index (χ0v) is 24.9. The van der Waals surface area contributed by atoms with Crippen LogP contribution in [0.4, 0.5) is 0 Å². The van der Waals surface area contributed by atoms with Crippen molar-refractivity contribution in [2.45, 2.75) is 58.3 Å². The largest absolute Gasteiger partial charge is 0.379 e. The average Bonchev–Trinajstić information content (AvgIpc) is 2.93. The molecule has 0 aliphatic rings. The Hall–Kier alpha value is -0.0700. The fourth-order valence-electron chi connectivity index (χ4n) is 3.25. The van der Waals surface area contributed by atoms with Crippen molar-refractivity contribution in [3.8, 4) is 0 Å². The summed E-state index contributed by atoms with van der Waals surface area (Å²) in [6, 6.07) is 0. The third-order valence-electron chi connectivity index (χ3n) is 5.34. The molecular weight excluding hydrogens is 516 g/mol. The summed E-state index contributed by atoms with van der Waals surface area (Å²) in [6.45, 7) is 12.5. The van der Waals surface area contributed by atoms with E-state index in [1.807, 2.05) is 0 Å². The maximum absolute atomic E-state index is 5.61. The second-order valence-electron chi connectivity index (χ2n) is 8.68. The SMILES string of the molecule is CCCCCCCCCCOCCOCCOCCOCCOCCOCCOCCOCCOCCCl. The van der Waals surface area contributed by atoms with Crippen LogP contribution >= 0.6 is 11.6 Å². The van der Waals surface area contributed by atoms with E-state index < -0.39 is 0 Å². The maximum Gasteiger partial charge on any atom is 0.0701 e. The highest BCUT2D eigenvalue weighted by Crippen LogP contribution is 2.08. The molecular formula is C28H57ClO9. The van der Waals surface area contributed by atoms with Gasteiger partial charge in [0, 0.05) is 12.5 Å². The van der Waals surface area contributed by atoms with E-state index in [4.69, 9.17) is 54.2 Å². The van der Waals surface area contributed by atoms with Gasteiger partial charge in [0.1, 0.15) is 0 Å². The molecule has 0 atom stereocenters. The summed E-state index contributed by atoms with van der Waals surface area (Å²) in [7, 11) is 0. The minimum Gasteiger partial charge on any atom is -0.379 e. The zero-order chi connectivity index (χ0) is 27.5. The van der Waals surface area contributed by atoms with E-state index >= 15 is 0 Å². The van der Waals surface area contributed by atoms with Gasteiger partial charge >= 0.3 is 0 Å². The first-order chi connectivity index (χ1) is 18.9. The molecule has 0 fully saturated rings. The lowest BCUT2D eigenvalue weighted by molar-refractivity contribution is -0.0248. The molecule has 0 unspecified atom stereocenters. The molecule has 0 bridgehead atoms. The molecule has 0 amide bonds. The van der Waals surface area contributed by atoms with E-state index in [1.165, 1.54) is 44.9 Å². The van der Waals surface area contributed by atoms with E-state index in [1.54, 1.807) is 0 Å². The molecule has 0 aliphatic heterocycles. The Morgan fingerprint density at radius 2 is 0.526 bits per heavy atom. The first-order valence-electron chi connectivity index (χ1n) is 14.7. The summed E-state index contributed by atoms with van der Waals surface area (Å²) in [4.78, 5) is 0. The predicted octanol–water partition coefficient (Wildman–Crippen LogP) is 4.52. The van der Waals surface area contributed by atoms with E-state index in [9.17, 15) is 0 Å². The Kier molecular flexibility index (Phi) is 36.9. The molecule has 0 aromatic carbocycles. The lowest BCUT2D eigenvalue weighted by atomic mass is 10.1. The molecule has 0 aromatic heterocycles. The third kappa shape index (κ3) is 35.9. The van der Waals surface area contributed by atoms with Crippen LogP contribution in [0.25, 0.3) is 0 Å². The minimum absolute atomic E-state index is 0.505. The van der Waals surface area contributed by atoms with Gasteiger partial charge in [-0.2, -0.15) is 0 Å². The standard InChI is InChI=1S/C28H57ClO9/c1-2-3-4-5-6-7-8-9-11-30-13-15-32-17-19-34-21-23-36-25-27-38-28-26-37-24-22-35-20-18-33-16-14-31-12-10-29/h2-28H2,1H3. The number of halogens is 1. The number of unbranched alkanes of at least 4 members (excludes halogenated alkanes) is 7. The maximum atomic E-state index is 5.61. The quantitative estimate of drug-likeness (QED) is 0.0804. The molecule has 0 spiro atoms.